The lowest BCUT2D eigenvalue weighted by atomic mass is 9.46. The first kappa shape index (κ1) is 44.9. The summed E-state index contributed by atoms with van der Waals surface area (Å²) < 4.78 is 0. The molecule has 0 aromatic carbocycles. The maximum Gasteiger partial charge on any atom is 0.303 e. The van der Waals surface area contributed by atoms with E-state index >= 15 is 0 Å². The predicted octanol–water partition coefficient (Wildman–Crippen LogP) is 16.6. The predicted molar refractivity (Wildman–Crippen MR) is 230 cm³/mol. The number of carboxylic acids is 1. The molecular weight excluding hydrogens is 645 g/mol. The lowest BCUT2D eigenvalue weighted by Crippen LogP contribution is -2.50. The summed E-state index contributed by atoms with van der Waals surface area (Å²) in [6.07, 6.45) is 46.9. The molecule has 0 bridgehead atoms. The zero-order chi connectivity index (χ0) is 38.1. The maximum absolute atomic E-state index is 10.6. The van der Waals surface area contributed by atoms with E-state index in [1.165, 1.54) is 186 Å². The van der Waals surface area contributed by atoms with E-state index in [9.17, 15) is 4.79 Å². The van der Waals surface area contributed by atoms with E-state index in [2.05, 4.69) is 47.6 Å². The zero-order valence-electron chi connectivity index (χ0n) is 36.7. The highest BCUT2D eigenvalue weighted by Gasteiger charge is 2.59. The van der Waals surface area contributed by atoms with E-state index in [0.717, 1.165) is 60.2 Å². The van der Waals surface area contributed by atoms with Gasteiger partial charge in [-0.3, -0.25) is 4.79 Å². The number of hydrogen-bond donors (Lipinski definition) is 1. The summed E-state index contributed by atoms with van der Waals surface area (Å²) in [6.45, 7) is 15.5. The van der Waals surface area contributed by atoms with Crippen molar-refractivity contribution >= 4 is 5.97 Å². The molecule has 4 aliphatic rings. The zero-order valence-corrected chi connectivity index (χ0v) is 36.7. The Morgan fingerprint density at radius 1 is 0.698 bits per heavy atom. The molecule has 3 fully saturated rings. The van der Waals surface area contributed by atoms with E-state index in [0.29, 0.717) is 17.3 Å². The van der Waals surface area contributed by atoms with Crippen molar-refractivity contribution < 1.29 is 9.90 Å². The molecule has 308 valence electrons. The standard InChI is InChI=1S/C51H92O2/c1-7-43(40(2)3)30-29-41(4)46-33-34-47-45-32-31-44-39-42(35-37-50(44,5)48(45)36-38-51(46,47)6)27-25-23-21-19-17-15-13-11-9-8-10-12-14-16-18-20-22-24-26-28-49(52)53/h31,40-43,45-48H,7-30,32-39H2,1-6H3,(H,52,53)/t41-,42+,43-,45+,46-,47+,48+,50+,51-/m1/s1. The van der Waals surface area contributed by atoms with Gasteiger partial charge < -0.3 is 5.11 Å². The first-order valence-electron chi connectivity index (χ1n) is 24.5. The van der Waals surface area contributed by atoms with Gasteiger partial charge in [0.15, 0.2) is 0 Å². The number of rotatable bonds is 28. The van der Waals surface area contributed by atoms with Gasteiger partial charge in [-0.2, -0.15) is 0 Å². The highest BCUT2D eigenvalue weighted by Crippen LogP contribution is 2.67. The fraction of sp³-hybridized carbons (Fsp3) is 0.941. The summed E-state index contributed by atoms with van der Waals surface area (Å²) in [5.41, 5.74) is 3.04. The van der Waals surface area contributed by atoms with Crippen LogP contribution in [0.25, 0.3) is 0 Å². The van der Waals surface area contributed by atoms with Gasteiger partial charge >= 0.3 is 5.97 Å². The Morgan fingerprint density at radius 3 is 1.77 bits per heavy atom. The van der Waals surface area contributed by atoms with Crippen LogP contribution in [0.15, 0.2) is 11.6 Å². The van der Waals surface area contributed by atoms with Crippen LogP contribution in [0, 0.1) is 58.2 Å². The molecule has 0 aliphatic heterocycles. The van der Waals surface area contributed by atoms with Crippen molar-refractivity contribution in [1.29, 1.82) is 0 Å². The molecule has 0 heterocycles. The average Bonchev–Trinajstić information content (AvgIpc) is 3.49. The second-order valence-corrected chi connectivity index (χ2v) is 20.7. The van der Waals surface area contributed by atoms with Gasteiger partial charge in [-0.25, -0.2) is 0 Å². The van der Waals surface area contributed by atoms with E-state index < -0.39 is 5.97 Å². The Labute approximate surface area is 331 Å². The van der Waals surface area contributed by atoms with Crippen LogP contribution in [0.5, 0.6) is 0 Å². The molecule has 1 N–H and O–H groups in total. The fourth-order valence-electron chi connectivity index (χ4n) is 13.4. The number of fused-ring (bicyclic) bond motifs is 5. The van der Waals surface area contributed by atoms with E-state index in [-0.39, 0.29) is 0 Å². The van der Waals surface area contributed by atoms with Gasteiger partial charge in [-0.15, -0.1) is 0 Å². The van der Waals surface area contributed by atoms with Crippen LogP contribution < -0.4 is 0 Å². The topological polar surface area (TPSA) is 37.3 Å². The van der Waals surface area contributed by atoms with Crippen LogP contribution in [0.1, 0.15) is 247 Å². The summed E-state index contributed by atoms with van der Waals surface area (Å²) in [7, 11) is 0. The first-order valence-corrected chi connectivity index (χ1v) is 24.5. The minimum Gasteiger partial charge on any atom is -0.481 e. The first-order chi connectivity index (χ1) is 25.6. The monoisotopic (exact) mass is 737 g/mol. The Morgan fingerprint density at radius 2 is 1.25 bits per heavy atom. The van der Waals surface area contributed by atoms with Crippen molar-refractivity contribution in [3.8, 4) is 0 Å². The van der Waals surface area contributed by atoms with Gasteiger partial charge in [0, 0.05) is 6.42 Å². The molecule has 0 saturated heterocycles. The van der Waals surface area contributed by atoms with Gasteiger partial charge in [0.05, 0.1) is 0 Å². The molecule has 4 aliphatic carbocycles. The van der Waals surface area contributed by atoms with Crippen LogP contribution >= 0.6 is 0 Å². The maximum atomic E-state index is 10.6. The number of carbonyl (C=O) groups is 1. The van der Waals surface area contributed by atoms with Gasteiger partial charge in [0.2, 0.25) is 0 Å². The smallest absolute Gasteiger partial charge is 0.303 e. The molecule has 0 unspecified atom stereocenters. The number of allylic oxidation sites excluding steroid dienone is 2. The van der Waals surface area contributed by atoms with Crippen molar-refractivity contribution in [2.24, 2.45) is 58.2 Å². The SMILES string of the molecule is CC[C@H](CC[C@@H](C)[C@H]1CC[C@H]2[C@@H]3CC=C4C[C@@H](CCCCCCCCCCCCCCCCCCCCCC(=O)O)CC[C@]4(C)[C@H]3CC[C@]12C)C(C)C. The summed E-state index contributed by atoms with van der Waals surface area (Å²) in [5.74, 6) is 6.89. The molecular formula is C51H92O2. The van der Waals surface area contributed by atoms with E-state index in [4.69, 9.17) is 5.11 Å². The molecule has 0 aromatic heterocycles. The third-order valence-electron chi connectivity index (χ3n) is 16.9. The second-order valence-electron chi connectivity index (χ2n) is 20.7. The number of carboxylic acid groups (broad SMARTS) is 1. The molecule has 2 heteroatoms. The largest absolute Gasteiger partial charge is 0.481 e. The molecule has 3 saturated carbocycles. The van der Waals surface area contributed by atoms with Crippen molar-refractivity contribution in [2.45, 2.75) is 247 Å². The third-order valence-corrected chi connectivity index (χ3v) is 16.9. The summed E-state index contributed by atoms with van der Waals surface area (Å²) in [4.78, 5) is 10.6. The number of hydrogen-bond acceptors (Lipinski definition) is 1. The van der Waals surface area contributed by atoms with E-state index in [1.54, 1.807) is 0 Å². The molecule has 4 rings (SSSR count). The highest BCUT2D eigenvalue weighted by molar-refractivity contribution is 5.66. The lowest BCUT2D eigenvalue weighted by Gasteiger charge is -2.58. The van der Waals surface area contributed by atoms with Crippen LogP contribution in [0.4, 0.5) is 0 Å². The molecule has 0 spiro atoms. The van der Waals surface area contributed by atoms with Gasteiger partial charge in [-0.1, -0.05) is 188 Å². The van der Waals surface area contributed by atoms with Gasteiger partial charge in [-0.05, 0) is 122 Å². The van der Waals surface area contributed by atoms with Crippen molar-refractivity contribution in [2.75, 3.05) is 0 Å². The molecule has 53 heavy (non-hydrogen) atoms. The van der Waals surface area contributed by atoms with Gasteiger partial charge in [0.25, 0.3) is 0 Å². The highest BCUT2D eigenvalue weighted by atomic mass is 16.4. The molecule has 0 aromatic rings. The minimum absolute atomic E-state index is 0.346. The Balaban J connectivity index is 1.01. The number of unbranched alkanes of at least 4 members (excludes halogenated alkanes) is 18. The van der Waals surface area contributed by atoms with Crippen molar-refractivity contribution in [3.63, 3.8) is 0 Å². The number of aliphatic carboxylic acids is 1. The molecule has 2 nitrogen and oxygen atoms in total. The van der Waals surface area contributed by atoms with Gasteiger partial charge in [0.1, 0.15) is 0 Å². The van der Waals surface area contributed by atoms with Crippen molar-refractivity contribution in [1.82, 2.24) is 0 Å². The van der Waals surface area contributed by atoms with Crippen molar-refractivity contribution in [3.05, 3.63) is 11.6 Å². The minimum atomic E-state index is -0.646. The third kappa shape index (κ3) is 13.4. The average molecular weight is 737 g/mol. The Hall–Kier alpha value is -0.790. The quantitative estimate of drug-likeness (QED) is 0.0641. The lowest BCUT2D eigenvalue weighted by molar-refractivity contribution is -0.137. The summed E-state index contributed by atoms with van der Waals surface area (Å²) >= 11 is 0. The molecule has 0 amide bonds. The Bertz CT molecular complexity index is 1040. The van der Waals surface area contributed by atoms with Crippen LogP contribution in [-0.4, -0.2) is 11.1 Å². The van der Waals surface area contributed by atoms with E-state index in [1.807, 2.05) is 5.57 Å². The second kappa shape index (κ2) is 23.4. The summed E-state index contributed by atoms with van der Waals surface area (Å²) in [6, 6.07) is 0. The molecule has 0 radical (unpaired) electrons. The fourth-order valence-corrected chi connectivity index (χ4v) is 13.4. The van der Waals surface area contributed by atoms with Crippen LogP contribution in [0.2, 0.25) is 0 Å². The molecule has 9 atom stereocenters. The van der Waals surface area contributed by atoms with Crippen LogP contribution in [-0.2, 0) is 4.79 Å². The normalized spacial score (nSPS) is 30.8. The van der Waals surface area contributed by atoms with Crippen LogP contribution in [0.3, 0.4) is 0 Å². The Kier molecular flexibility index (Phi) is 19.9. The summed E-state index contributed by atoms with van der Waals surface area (Å²) in [5, 5.41) is 8.70.